The number of hydrogen-bond donors (Lipinski definition) is 0. The number of ether oxygens (including phenoxy) is 3. The molecule has 0 aliphatic heterocycles. The van der Waals surface area contributed by atoms with Gasteiger partial charge in [0, 0.05) is 19.3 Å². The Labute approximate surface area is 481 Å². The second-order valence-electron chi connectivity index (χ2n) is 23.8. The third-order valence-corrected chi connectivity index (χ3v) is 15.9. The van der Waals surface area contributed by atoms with Crippen LogP contribution in [0.1, 0.15) is 393 Å². The summed E-state index contributed by atoms with van der Waals surface area (Å²) < 4.78 is 17.0. The van der Waals surface area contributed by atoms with Gasteiger partial charge in [-0.15, -0.1) is 0 Å². The normalized spacial score (nSPS) is 12.1. The molecule has 0 aliphatic rings. The fourth-order valence-corrected chi connectivity index (χ4v) is 10.7. The Morgan fingerprint density at radius 1 is 0.247 bits per heavy atom. The molecule has 0 aromatic heterocycles. The third-order valence-electron chi connectivity index (χ3n) is 15.9. The predicted molar refractivity (Wildman–Crippen MR) is 335 cm³/mol. The molecule has 0 saturated heterocycles. The Morgan fingerprint density at radius 2 is 0.429 bits per heavy atom. The van der Waals surface area contributed by atoms with E-state index in [1.165, 1.54) is 295 Å². The molecule has 6 heteroatoms. The van der Waals surface area contributed by atoms with Crippen molar-refractivity contribution >= 4 is 17.9 Å². The van der Waals surface area contributed by atoms with Crippen LogP contribution in [0.15, 0.2) is 24.3 Å². The number of carbonyl (C=O) groups excluding carboxylic acids is 3. The van der Waals surface area contributed by atoms with Crippen molar-refractivity contribution in [2.24, 2.45) is 0 Å². The van der Waals surface area contributed by atoms with E-state index >= 15 is 0 Å². The Hall–Kier alpha value is -2.11. The lowest BCUT2D eigenvalue weighted by Gasteiger charge is -2.18. The van der Waals surface area contributed by atoms with E-state index < -0.39 is 6.10 Å². The van der Waals surface area contributed by atoms with E-state index in [1.54, 1.807) is 0 Å². The highest BCUT2D eigenvalue weighted by atomic mass is 16.6. The molecule has 0 spiro atoms. The number of esters is 3. The van der Waals surface area contributed by atoms with E-state index in [4.69, 9.17) is 14.2 Å². The molecule has 0 bridgehead atoms. The van der Waals surface area contributed by atoms with Gasteiger partial charge in [-0.3, -0.25) is 14.4 Å². The average molecular weight is 1080 g/mol. The highest BCUT2D eigenvalue weighted by Gasteiger charge is 2.19. The summed E-state index contributed by atoms with van der Waals surface area (Å²) in [6.45, 7) is 6.71. The topological polar surface area (TPSA) is 78.9 Å². The van der Waals surface area contributed by atoms with Crippen molar-refractivity contribution in [3.05, 3.63) is 24.3 Å². The highest BCUT2D eigenvalue weighted by molar-refractivity contribution is 5.71. The van der Waals surface area contributed by atoms with Gasteiger partial charge in [-0.1, -0.05) is 328 Å². The Bertz CT molecular complexity index is 1240. The molecule has 77 heavy (non-hydrogen) atoms. The highest BCUT2D eigenvalue weighted by Crippen LogP contribution is 2.18. The average Bonchev–Trinajstić information content (AvgIpc) is 3.43. The van der Waals surface area contributed by atoms with Crippen molar-refractivity contribution in [3.8, 4) is 0 Å². The first-order valence-corrected chi connectivity index (χ1v) is 34.8. The first kappa shape index (κ1) is 74.9. The molecule has 0 aliphatic carbocycles. The maximum Gasteiger partial charge on any atom is 0.306 e. The third kappa shape index (κ3) is 64.6. The Balaban J connectivity index is 4.24. The van der Waals surface area contributed by atoms with Crippen LogP contribution in [0, 0.1) is 0 Å². The molecule has 6 nitrogen and oxygen atoms in total. The minimum absolute atomic E-state index is 0.0659. The monoisotopic (exact) mass is 1080 g/mol. The summed E-state index contributed by atoms with van der Waals surface area (Å²) >= 11 is 0. The Morgan fingerprint density at radius 3 is 0.649 bits per heavy atom. The van der Waals surface area contributed by atoms with Crippen molar-refractivity contribution in [1.29, 1.82) is 0 Å². The molecular formula is C71H134O6. The molecule has 0 amide bonds. The number of allylic oxidation sites excluding steroid dienone is 4. The molecule has 1 atom stereocenters. The molecule has 1 unspecified atom stereocenters. The zero-order chi connectivity index (χ0) is 55.7. The summed E-state index contributed by atoms with van der Waals surface area (Å²) in [5.74, 6) is -0.837. The first-order chi connectivity index (χ1) is 38.0. The summed E-state index contributed by atoms with van der Waals surface area (Å²) in [5, 5.41) is 0. The predicted octanol–water partition coefficient (Wildman–Crippen LogP) is 23.8. The summed E-state index contributed by atoms with van der Waals surface area (Å²) in [6.07, 6.45) is 80.6. The lowest BCUT2D eigenvalue weighted by atomic mass is 10.0. The number of unbranched alkanes of at least 4 members (excludes halogenated alkanes) is 50. The number of hydrogen-bond acceptors (Lipinski definition) is 6. The molecule has 0 aromatic carbocycles. The van der Waals surface area contributed by atoms with E-state index in [-0.39, 0.29) is 31.1 Å². The number of carbonyl (C=O) groups is 3. The quantitative estimate of drug-likeness (QED) is 0.0261. The minimum atomic E-state index is -0.769. The van der Waals surface area contributed by atoms with Gasteiger partial charge in [0.2, 0.25) is 0 Å². The van der Waals surface area contributed by atoms with E-state index in [2.05, 4.69) is 45.1 Å². The molecular weight excluding hydrogens is 949 g/mol. The Kier molecular flexibility index (Phi) is 64.6. The van der Waals surface area contributed by atoms with Crippen LogP contribution >= 0.6 is 0 Å². The van der Waals surface area contributed by atoms with Gasteiger partial charge in [0.05, 0.1) is 0 Å². The van der Waals surface area contributed by atoms with Gasteiger partial charge in [0.25, 0.3) is 0 Å². The molecule has 0 saturated carbocycles. The SMILES string of the molecule is CCCCCCCCCC/C=C\CCCCCCCCCCCCCC(=O)OCC(COC(=O)CCCCCCCCCCCCCCC)OC(=O)CCCCCCCCCCCCC/C=C\CCCCCCCCCC. The number of rotatable bonds is 65. The second kappa shape index (κ2) is 66.4. The fraction of sp³-hybridized carbons (Fsp3) is 0.901. The standard InChI is InChI=1S/C71H134O6/c1-4-7-10-13-16-19-22-25-27-29-31-33-35-37-39-41-43-46-49-52-55-58-61-64-70(73)76-67-68(66-75-69(72)63-60-57-54-51-48-45-24-21-18-15-12-9-6-3)77-71(74)65-62-59-56-53-50-47-44-42-40-38-36-34-32-30-28-26-23-20-17-14-11-8-5-2/h29-32,68H,4-28,33-67H2,1-3H3/b31-29-,32-30-. The van der Waals surface area contributed by atoms with Crippen LogP contribution in [0.2, 0.25) is 0 Å². The van der Waals surface area contributed by atoms with Gasteiger partial charge in [-0.05, 0) is 70.6 Å². The van der Waals surface area contributed by atoms with Crippen LogP contribution in [0.4, 0.5) is 0 Å². The van der Waals surface area contributed by atoms with Crippen LogP contribution in [0.5, 0.6) is 0 Å². The second-order valence-corrected chi connectivity index (χ2v) is 23.8. The molecule has 0 aromatic rings. The van der Waals surface area contributed by atoms with Crippen LogP contribution in [0.3, 0.4) is 0 Å². The van der Waals surface area contributed by atoms with Crippen molar-refractivity contribution in [1.82, 2.24) is 0 Å². The molecule has 0 N–H and O–H groups in total. The van der Waals surface area contributed by atoms with E-state index in [0.29, 0.717) is 19.3 Å². The summed E-state index contributed by atoms with van der Waals surface area (Å²) in [7, 11) is 0. The van der Waals surface area contributed by atoms with Gasteiger partial charge in [0.1, 0.15) is 13.2 Å². The van der Waals surface area contributed by atoms with Crippen LogP contribution in [-0.4, -0.2) is 37.2 Å². The van der Waals surface area contributed by atoms with Crippen molar-refractivity contribution in [2.45, 2.75) is 399 Å². The molecule has 0 heterocycles. The minimum Gasteiger partial charge on any atom is -0.462 e. The van der Waals surface area contributed by atoms with Gasteiger partial charge in [0.15, 0.2) is 6.10 Å². The summed E-state index contributed by atoms with van der Waals surface area (Å²) in [5.41, 5.74) is 0. The largest absolute Gasteiger partial charge is 0.462 e. The van der Waals surface area contributed by atoms with Crippen molar-refractivity contribution in [2.75, 3.05) is 13.2 Å². The van der Waals surface area contributed by atoms with Gasteiger partial charge < -0.3 is 14.2 Å². The van der Waals surface area contributed by atoms with Crippen LogP contribution < -0.4 is 0 Å². The fourth-order valence-electron chi connectivity index (χ4n) is 10.7. The lowest BCUT2D eigenvalue weighted by Crippen LogP contribution is -2.30. The lowest BCUT2D eigenvalue weighted by molar-refractivity contribution is -0.167. The van der Waals surface area contributed by atoms with Crippen molar-refractivity contribution in [3.63, 3.8) is 0 Å². The van der Waals surface area contributed by atoms with Crippen LogP contribution in [0.25, 0.3) is 0 Å². The maximum absolute atomic E-state index is 12.9. The van der Waals surface area contributed by atoms with Gasteiger partial charge in [-0.2, -0.15) is 0 Å². The van der Waals surface area contributed by atoms with Gasteiger partial charge >= 0.3 is 17.9 Å². The zero-order valence-corrected chi connectivity index (χ0v) is 52.3. The molecule has 0 rings (SSSR count). The van der Waals surface area contributed by atoms with Crippen molar-refractivity contribution < 1.29 is 28.6 Å². The summed E-state index contributed by atoms with van der Waals surface area (Å²) in [4.78, 5) is 38.4. The maximum atomic E-state index is 12.9. The van der Waals surface area contributed by atoms with E-state index in [9.17, 15) is 14.4 Å². The molecule has 0 radical (unpaired) electrons. The zero-order valence-electron chi connectivity index (χ0n) is 52.3. The summed E-state index contributed by atoms with van der Waals surface area (Å²) in [6, 6.07) is 0. The first-order valence-electron chi connectivity index (χ1n) is 34.8. The van der Waals surface area contributed by atoms with E-state index in [1.807, 2.05) is 0 Å². The van der Waals surface area contributed by atoms with Gasteiger partial charge in [-0.25, -0.2) is 0 Å². The van der Waals surface area contributed by atoms with Crippen LogP contribution in [-0.2, 0) is 28.6 Å². The van der Waals surface area contributed by atoms with E-state index in [0.717, 1.165) is 57.8 Å². The smallest absolute Gasteiger partial charge is 0.306 e. The molecule has 454 valence electrons. The molecule has 0 fully saturated rings.